The standard InChI is InChI=1S/C16H32O3Si/c1-16(2,3)20(4,5)19-14-12-10-8-6-7-9-11-13-15(17)18/h11,13H,6-10,12,14H2,1-5H3,(H,17,18)/b13-11+. The fourth-order valence-corrected chi connectivity index (χ4v) is 2.71. The van der Waals surface area contributed by atoms with Crippen LogP contribution in [0.1, 0.15) is 59.3 Å². The Morgan fingerprint density at radius 2 is 1.65 bits per heavy atom. The van der Waals surface area contributed by atoms with Gasteiger partial charge in [0.05, 0.1) is 0 Å². The van der Waals surface area contributed by atoms with E-state index in [1.807, 2.05) is 0 Å². The molecule has 0 heterocycles. The minimum Gasteiger partial charge on any atom is -0.478 e. The number of carboxylic acid groups (broad SMARTS) is 1. The number of hydrogen-bond donors (Lipinski definition) is 1. The Hall–Kier alpha value is -0.613. The van der Waals surface area contributed by atoms with Crippen LogP contribution in [0.4, 0.5) is 0 Å². The van der Waals surface area contributed by atoms with E-state index in [0.29, 0.717) is 5.04 Å². The summed E-state index contributed by atoms with van der Waals surface area (Å²) in [6.07, 6.45) is 9.64. The van der Waals surface area contributed by atoms with Gasteiger partial charge in [-0.05, 0) is 37.4 Å². The molecule has 0 aromatic heterocycles. The van der Waals surface area contributed by atoms with Gasteiger partial charge in [0.1, 0.15) is 0 Å². The van der Waals surface area contributed by atoms with E-state index >= 15 is 0 Å². The lowest BCUT2D eigenvalue weighted by molar-refractivity contribution is -0.131. The molecule has 0 saturated heterocycles. The van der Waals surface area contributed by atoms with Crippen LogP contribution < -0.4 is 0 Å². The smallest absolute Gasteiger partial charge is 0.327 e. The molecule has 0 aromatic carbocycles. The topological polar surface area (TPSA) is 46.5 Å². The van der Waals surface area contributed by atoms with Crippen molar-refractivity contribution >= 4 is 14.3 Å². The molecular weight excluding hydrogens is 268 g/mol. The van der Waals surface area contributed by atoms with Crippen molar-refractivity contribution in [1.29, 1.82) is 0 Å². The van der Waals surface area contributed by atoms with Crippen LogP contribution >= 0.6 is 0 Å². The van der Waals surface area contributed by atoms with Crippen LogP contribution in [0.3, 0.4) is 0 Å². The zero-order valence-electron chi connectivity index (χ0n) is 13.9. The van der Waals surface area contributed by atoms with E-state index in [-0.39, 0.29) is 0 Å². The molecule has 0 aliphatic heterocycles. The Balaban J connectivity index is 3.48. The molecule has 0 amide bonds. The van der Waals surface area contributed by atoms with Crippen molar-refractivity contribution in [1.82, 2.24) is 0 Å². The lowest BCUT2D eigenvalue weighted by atomic mass is 10.1. The molecule has 3 nitrogen and oxygen atoms in total. The van der Waals surface area contributed by atoms with E-state index in [2.05, 4.69) is 33.9 Å². The first-order valence-electron chi connectivity index (χ1n) is 7.70. The summed E-state index contributed by atoms with van der Waals surface area (Å²) in [7, 11) is -1.57. The van der Waals surface area contributed by atoms with Crippen LogP contribution in [0.25, 0.3) is 0 Å². The summed E-state index contributed by atoms with van der Waals surface area (Å²) < 4.78 is 6.13. The Kier molecular flexibility index (Phi) is 9.06. The van der Waals surface area contributed by atoms with E-state index < -0.39 is 14.3 Å². The third kappa shape index (κ3) is 9.32. The number of carboxylic acids is 1. The van der Waals surface area contributed by atoms with Gasteiger partial charge in [0.15, 0.2) is 8.32 Å². The van der Waals surface area contributed by atoms with Crippen LogP contribution in [0.2, 0.25) is 18.1 Å². The third-order valence-electron chi connectivity index (χ3n) is 4.04. The van der Waals surface area contributed by atoms with Crippen molar-refractivity contribution in [3.8, 4) is 0 Å². The van der Waals surface area contributed by atoms with Crippen molar-refractivity contribution in [2.45, 2.75) is 77.4 Å². The number of hydrogen-bond acceptors (Lipinski definition) is 2. The van der Waals surface area contributed by atoms with Crippen molar-refractivity contribution in [2.24, 2.45) is 0 Å². The molecule has 20 heavy (non-hydrogen) atoms. The maximum atomic E-state index is 10.3. The van der Waals surface area contributed by atoms with E-state index in [1.54, 1.807) is 6.08 Å². The second kappa shape index (κ2) is 9.35. The average Bonchev–Trinajstić information content (AvgIpc) is 2.29. The van der Waals surface area contributed by atoms with Gasteiger partial charge in [-0.1, -0.05) is 46.1 Å². The predicted octanol–water partition coefficient (Wildman–Crippen LogP) is 4.99. The van der Waals surface area contributed by atoms with Gasteiger partial charge in [-0.25, -0.2) is 4.79 Å². The molecular formula is C16H32O3Si. The largest absolute Gasteiger partial charge is 0.478 e. The first-order valence-corrected chi connectivity index (χ1v) is 10.6. The van der Waals surface area contributed by atoms with Crippen LogP contribution in [0.5, 0.6) is 0 Å². The molecule has 118 valence electrons. The molecule has 0 fully saturated rings. The summed E-state index contributed by atoms with van der Waals surface area (Å²) >= 11 is 0. The van der Waals surface area contributed by atoms with E-state index in [1.165, 1.54) is 25.3 Å². The zero-order chi connectivity index (χ0) is 15.6. The SMILES string of the molecule is CC(C)(C)[Si](C)(C)OCCCCCCC/C=C/C(=O)O. The molecule has 0 spiro atoms. The first-order chi connectivity index (χ1) is 9.17. The summed E-state index contributed by atoms with van der Waals surface area (Å²) in [6.45, 7) is 12.3. The van der Waals surface area contributed by atoms with E-state index in [4.69, 9.17) is 9.53 Å². The van der Waals surface area contributed by atoms with Crippen molar-refractivity contribution in [3.05, 3.63) is 12.2 Å². The Bertz CT molecular complexity index is 303. The van der Waals surface area contributed by atoms with Crippen molar-refractivity contribution < 1.29 is 14.3 Å². The fourth-order valence-electron chi connectivity index (χ4n) is 1.62. The Morgan fingerprint density at radius 1 is 1.10 bits per heavy atom. The van der Waals surface area contributed by atoms with Gasteiger partial charge in [-0.2, -0.15) is 0 Å². The highest BCUT2D eigenvalue weighted by molar-refractivity contribution is 6.74. The Labute approximate surface area is 125 Å². The molecule has 0 rings (SSSR count). The summed E-state index contributed by atoms with van der Waals surface area (Å²) in [4.78, 5) is 10.3. The molecule has 0 atom stereocenters. The fraction of sp³-hybridized carbons (Fsp3) is 0.812. The first kappa shape index (κ1) is 19.4. The highest BCUT2D eigenvalue weighted by Crippen LogP contribution is 2.36. The third-order valence-corrected chi connectivity index (χ3v) is 8.58. The van der Waals surface area contributed by atoms with Gasteiger partial charge in [0.25, 0.3) is 0 Å². The highest BCUT2D eigenvalue weighted by Gasteiger charge is 2.36. The molecule has 0 radical (unpaired) electrons. The van der Waals surface area contributed by atoms with Crippen LogP contribution in [0.15, 0.2) is 12.2 Å². The summed E-state index contributed by atoms with van der Waals surface area (Å²) in [5.74, 6) is -0.854. The van der Waals surface area contributed by atoms with Crippen molar-refractivity contribution in [3.63, 3.8) is 0 Å². The summed E-state index contributed by atoms with van der Waals surface area (Å²) in [5, 5.41) is 8.73. The lowest BCUT2D eigenvalue weighted by Crippen LogP contribution is -2.40. The molecule has 0 aromatic rings. The zero-order valence-corrected chi connectivity index (χ0v) is 14.9. The normalized spacial score (nSPS) is 13.1. The maximum Gasteiger partial charge on any atom is 0.327 e. The predicted molar refractivity (Wildman–Crippen MR) is 87.6 cm³/mol. The molecule has 1 N–H and O–H groups in total. The summed E-state index contributed by atoms with van der Waals surface area (Å²) in [5.41, 5.74) is 0. The quantitative estimate of drug-likeness (QED) is 0.351. The number of rotatable bonds is 10. The van der Waals surface area contributed by atoms with E-state index in [0.717, 1.165) is 25.9 Å². The van der Waals surface area contributed by atoms with Gasteiger partial charge in [0, 0.05) is 12.7 Å². The average molecular weight is 301 g/mol. The van der Waals surface area contributed by atoms with Gasteiger partial charge < -0.3 is 9.53 Å². The number of unbranched alkanes of at least 4 members (excludes halogenated alkanes) is 5. The minimum absolute atomic E-state index is 0.295. The van der Waals surface area contributed by atoms with Gasteiger partial charge in [-0.15, -0.1) is 0 Å². The molecule has 0 bridgehead atoms. The van der Waals surface area contributed by atoms with Crippen LogP contribution in [0, 0.1) is 0 Å². The number of carbonyl (C=O) groups is 1. The minimum atomic E-state index is -1.57. The van der Waals surface area contributed by atoms with Gasteiger partial charge >= 0.3 is 5.97 Å². The van der Waals surface area contributed by atoms with Crippen LogP contribution in [-0.2, 0) is 9.22 Å². The lowest BCUT2D eigenvalue weighted by Gasteiger charge is -2.36. The van der Waals surface area contributed by atoms with E-state index in [9.17, 15) is 4.79 Å². The van der Waals surface area contributed by atoms with Crippen molar-refractivity contribution in [2.75, 3.05) is 6.61 Å². The maximum absolute atomic E-state index is 10.3. The monoisotopic (exact) mass is 300 g/mol. The van der Waals surface area contributed by atoms with Gasteiger partial charge in [-0.3, -0.25) is 0 Å². The molecule has 0 aliphatic rings. The molecule has 0 aliphatic carbocycles. The van der Waals surface area contributed by atoms with Gasteiger partial charge in [0.2, 0.25) is 0 Å². The highest BCUT2D eigenvalue weighted by atomic mass is 28.4. The molecule has 0 saturated carbocycles. The molecule has 0 unspecified atom stereocenters. The van der Waals surface area contributed by atoms with Crippen LogP contribution in [-0.4, -0.2) is 26.0 Å². The number of allylic oxidation sites excluding steroid dienone is 1. The summed E-state index contributed by atoms with van der Waals surface area (Å²) in [6, 6.07) is 0. The second-order valence-corrected chi connectivity index (χ2v) is 11.7. The molecule has 4 heteroatoms. The number of aliphatic carboxylic acids is 1. The Morgan fingerprint density at radius 3 is 2.20 bits per heavy atom. The second-order valence-electron chi connectivity index (χ2n) is 6.91.